The molecular weight excluding hydrogens is 239 g/mol. The predicted octanol–water partition coefficient (Wildman–Crippen LogP) is 0.634. The molecule has 0 spiro atoms. The second-order valence-electron chi connectivity index (χ2n) is 3.54. The first-order chi connectivity index (χ1) is 8.74. The number of nitrogens with one attached hydrogen (secondary N) is 2. The summed E-state index contributed by atoms with van der Waals surface area (Å²) in [6, 6.07) is 5.88. The Balaban J connectivity index is 2.15. The molecule has 0 saturated carbocycles. The zero-order chi connectivity index (χ0) is 13.2. The van der Waals surface area contributed by atoms with E-state index in [4.69, 9.17) is 9.84 Å². The summed E-state index contributed by atoms with van der Waals surface area (Å²) in [5.74, 6) is -0.343. The first-order valence-corrected chi connectivity index (χ1v) is 5.67. The van der Waals surface area contributed by atoms with Gasteiger partial charge >= 0.3 is 6.03 Å². The monoisotopic (exact) mass is 256 g/mol. The van der Waals surface area contributed by atoms with E-state index in [0.717, 1.165) is 0 Å². The van der Waals surface area contributed by atoms with Crippen molar-refractivity contribution in [1.82, 2.24) is 10.6 Å². The molecule has 0 unspecified atom stereocenters. The maximum absolute atomic E-state index is 13.2. The predicted molar refractivity (Wildman–Crippen MR) is 64.5 cm³/mol. The number of benzene rings is 1. The minimum absolute atomic E-state index is 0.0422. The molecule has 1 rings (SSSR count). The van der Waals surface area contributed by atoms with E-state index in [-0.39, 0.29) is 31.6 Å². The summed E-state index contributed by atoms with van der Waals surface area (Å²) in [5, 5.41) is 13.5. The summed E-state index contributed by atoms with van der Waals surface area (Å²) < 4.78 is 18.2. The van der Waals surface area contributed by atoms with Crippen LogP contribution in [0.3, 0.4) is 0 Å². The van der Waals surface area contributed by atoms with Gasteiger partial charge in [0.15, 0.2) is 0 Å². The van der Waals surface area contributed by atoms with Crippen LogP contribution in [0.15, 0.2) is 24.3 Å². The van der Waals surface area contributed by atoms with Crippen molar-refractivity contribution in [2.24, 2.45) is 0 Å². The van der Waals surface area contributed by atoms with Crippen LogP contribution in [0.2, 0.25) is 0 Å². The normalized spacial score (nSPS) is 10.1. The summed E-state index contributed by atoms with van der Waals surface area (Å²) in [7, 11) is 0. The topological polar surface area (TPSA) is 70.6 Å². The molecule has 0 aliphatic rings. The van der Waals surface area contributed by atoms with Gasteiger partial charge in [-0.1, -0.05) is 18.2 Å². The van der Waals surface area contributed by atoms with E-state index in [1.165, 1.54) is 6.07 Å². The van der Waals surface area contributed by atoms with Crippen molar-refractivity contribution in [1.29, 1.82) is 0 Å². The molecule has 1 aromatic carbocycles. The molecule has 6 heteroatoms. The molecule has 0 saturated heterocycles. The zero-order valence-corrected chi connectivity index (χ0v) is 9.99. The van der Waals surface area contributed by atoms with Crippen LogP contribution in [0.5, 0.6) is 0 Å². The largest absolute Gasteiger partial charge is 0.394 e. The average Bonchev–Trinajstić information content (AvgIpc) is 2.37. The number of rotatable bonds is 7. The van der Waals surface area contributed by atoms with E-state index in [1.807, 2.05) is 0 Å². The average molecular weight is 256 g/mol. The standard InChI is InChI=1S/C12H17FN2O3/c13-11-4-2-1-3-10(11)9-15-12(17)14-5-7-18-8-6-16/h1-4,16H,5-9H2,(H2,14,15,17). The highest BCUT2D eigenvalue weighted by molar-refractivity contribution is 5.73. The van der Waals surface area contributed by atoms with Gasteiger partial charge in [0, 0.05) is 18.7 Å². The van der Waals surface area contributed by atoms with Gasteiger partial charge in [0.05, 0.1) is 19.8 Å². The van der Waals surface area contributed by atoms with E-state index in [2.05, 4.69) is 10.6 Å². The van der Waals surface area contributed by atoms with E-state index < -0.39 is 0 Å². The summed E-state index contributed by atoms with van der Waals surface area (Å²) in [6.07, 6.45) is 0. The van der Waals surface area contributed by atoms with Gasteiger partial charge in [-0.2, -0.15) is 0 Å². The summed E-state index contributed by atoms with van der Waals surface area (Å²) in [5.41, 5.74) is 0.434. The second-order valence-corrected chi connectivity index (χ2v) is 3.54. The number of urea groups is 1. The third-order valence-corrected chi connectivity index (χ3v) is 2.16. The molecule has 0 aliphatic carbocycles. The molecule has 18 heavy (non-hydrogen) atoms. The lowest BCUT2D eigenvalue weighted by Crippen LogP contribution is -2.37. The lowest BCUT2D eigenvalue weighted by atomic mass is 10.2. The quantitative estimate of drug-likeness (QED) is 0.627. The number of carbonyl (C=O) groups is 1. The van der Waals surface area contributed by atoms with Gasteiger partial charge in [-0.25, -0.2) is 9.18 Å². The van der Waals surface area contributed by atoms with Crippen LogP contribution in [0.25, 0.3) is 0 Å². The summed E-state index contributed by atoms with van der Waals surface area (Å²) >= 11 is 0. The molecule has 0 bridgehead atoms. The Morgan fingerprint density at radius 3 is 2.78 bits per heavy atom. The molecule has 100 valence electrons. The molecule has 5 nitrogen and oxygen atoms in total. The second kappa shape index (κ2) is 8.43. The van der Waals surface area contributed by atoms with Crippen LogP contribution in [0.4, 0.5) is 9.18 Å². The van der Waals surface area contributed by atoms with Gasteiger partial charge in [0.2, 0.25) is 0 Å². The smallest absolute Gasteiger partial charge is 0.315 e. The highest BCUT2D eigenvalue weighted by atomic mass is 19.1. The Hall–Kier alpha value is -1.66. The van der Waals surface area contributed by atoms with Crippen molar-refractivity contribution in [3.8, 4) is 0 Å². The maximum Gasteiger partial charge on any atom is 0.315 e. The molecule has 2 amide bonds. The molecule has 0 atom stereocenters. The van der Waals surface area contributed by atoms with E-state index >= 15 is 0 Å². The fourth-order valence-corrected chi connectivity index (χ4v) is 1.28. The van der Waals surface area contributed by atoms with Crippen molar-refractivity contribution in [3.63, 3.8) is 0 Å². The number of aliphatic hydroxyl groups excluding tert-OH is 1. The Morgan fingerprint density at radius 2 is 2.06 bits per heavy atom. The minimum atomic E-state index is -0.383. The number of amides is 2. The number of aliphatic hydroxyl groups is 1. The van der Waals surface area contributed by atoms with Crippen molar-refractivity contribution < 1.29 is 19.0 Å². The van der Waals surface area contributed by atoms with Gasteiger partial charge in [0.1, 0.15) is 5.82 Å². The van der Waals surface area contributed by atoms with Crippen molar-refractivity contribution in [2.75, 3.05) is 26.4 Å². The van der Waals surface area contributed by atoms with Crippen LogP contribution < -0.4 is 10.6 Å². The first-order valence-electron chi connectivity index (χ1n) is 5.67. The molecule has 0 aliphatic heterocycles. The number of carbonyl (C=O) groups excluding carboxylic acids is 1. The SMILES string of the molecule is O=C(NCCOCCO)NCc1ccccc1F. The lowest BCUT2D eigenvalue weighted by Gasteiger charge is -2.08. The third-order valence-electron chi connectivity index (χ3n) is 2.16. The molecule has 1 aromatic rings. The van der Waals surface area contributed by atoms with Gasteiger partial charge < -0.3 is 20.5 Å². The van der Waals surface area contributed by atoms with Gasteiger partial charge in [-0.3, -0.25) is 0 Å². The molecule has 0 fully saturated rings. The number of hydrogen-bond acceptors (Lipinski definition) is 3. The van der Waals surface area contributed by atoms with Gasteiger partial charge in [-0.15, -0.1) is 0 Å². The van der Waals surface area contributed by atoms with Crippen LogP contribution in [-0.4, -0.2) is 37.5 Å². The highest BCUT2D eigenvalue weighted by Crippen LogP contribution is 2.04. The first kappa shape index (κ1) is 14.4. The zero-order valence-electron chi connectivity index (χ0n) is 9.99. The third kappa shape index (κ3) is 5.60. The van der Waals surface area contributed by atoms with Crippen molar-refractivity contribution >= 4 is 6.03 Å². The molecule has 0 radical (unpaired) electrons. The molecule has 3 N–H and O–H groups in total. The van der Waals surface area contributed by atoms with E-state index in [1.54, 1.807) is 18.2 Å². The minimum Gasteiger partial charge on any atom is -0.394 e. The summed E-state index contributed by atoms with van der Waals surface area (Å²) in [4.78, 5) is 11.3. The Labute approximate surface area is 105 Å². The maximum atomic E-state index is 13.2. The lowest BCUT2D eigenvalue weighted by molar-refractivity contribution is 0.0947. The number of hydrogen-bond donors (Lipinski definition) is 3. The van der Waals surface area contributed by atoms with E-state index in [9.17, 15) is 9.18 Å². The molecule has 0 heterocycles. The number of halogens is 1. The number of ether oxygens (including phenoxy) is 1. The molecule has 0 aromatic heterocycles. The van der Waals surface area contributed by atoms with Crippen LogP contribution >= 0.6 is 0 Å². The van der Waals surface area contributed by atoms with Crippen LogP contribution in [0, 0.1) is 5.82 Å². The van der Waals surface area contributed by atoms with Gasteiger partial charge in [0.25, 0.3) is 0 Å². The molecular formula is C12H17FN2O3. The Bertz CT molecular complexity index is 374. The fraction of sp³-hybridized carbons (Fsp3) is 0.417. The summed E-state index contributed by atoms with van der Waals surface area (Å²) in [6.45, 7) is 1.00. The van der Waals surface area contributed by atoms with Crippen molar-refractivity contribution in [2.45, 2.75) is 6.54 Å². The fourth-order valence-electron chi connectivity index (χ4n) is 1.28. The Morgan fingerprint density at radius 1 is 1.28 bits per heavy atom. The van der Waals surface area contributed by atoms with Crippen molar-refractivity contribution in [3.05, 3.63) is 35.6 Å². The Kier molecular flexibility index (Phi) is 6.75. The van der Waals surface area contributed by atoms with Crippen LogP contribution in [-0.2, 0) is 11.3 Å². The highest BCUT2D eigenvalue weighted by Gasteiger charge is 2.03. The van der Waals surface area contributed by atoms with Gasteiger partial charge in [-0.05, 0) is 6.07 Å². The van der Waals surface area contributed by atoms with E-state index in [0.29, 0.717) is 18.7 Å². The van der Waals surface area contributed by atoms with Crippen LogP contribution in [0.1, 0.15) is 5.56 Å².